The number of nitrogens with one attached hydrogen (secondary N) is 1. The second kappa shape index (κ2) is 4.24. The highest BCUT2D eigenvalue weighted by atomic mass is 79.9. The van der Waals surface area contributed by atoms with Crippen molar-refractivity contribution in [2.75, 3.05) is 13.6 Å². The van der Waals surface area contributed by atoms with Crippen molar-refractivity contribution in [3.8, 4) is 0 Å². The number of benzene rings is 1. The van der Waals surface area contributed by atoms with Gasteiger partial charge in [-0.25, -0.2) is 0 Å². The molecule has 15 heavy (non-hydrogen) atoms. The molecule has 0 saturated heterocycles. The lowest BCUT2D eigenvalue weighted by atomic mass is 9.90. The average molecular weight is 269 g/mol. The Bertz CT molecular complexity index is 347. The van der Waals surface area contributed by atoms with Crippen LogP contribution >= 0.6 is 15.9 Å². The first-order valence-electron chi connectivity index (χ1n) is 5.35. The summed E-state index contributed by atoms with van der Waals surface area (Å²) in [4.78, 5) is 0. The fourth-order valence-corrected chi connectivity index (χ4v) is 2.70. The van der Waals surface area contributed by atoms with Gasteiger partial charge in [-0.1, -0.05) is 28.1 Å². The number of nitrogens with two attached hydrogens (primary N) is 1. The van der Waals surface area contributed by atoms with E-state index < -0.39 is 0 Å². The normalized spacial score (nSPS) is 19.9. The summed E-state index contributed by atoms with van der Waals surface area (Å²) in [5, 5.41) is 3.40. The van der Waals surface area contributed by atoms with Crippen molar-refractivity contribution in [3.63, 3.8) is 0 Å². The van der Waals surface area contributed by atoms with Gasteiger partial charge in [-0.05, 0) is 44.1 Å². The zero-order chi connectivity index (χ0) is 10.9. The van der Waals surface area contributed by atoms with Gasteiger partial charge < -0.3 is 11.1 Å². The largest absolute Gasteiger partial charge is 0.330 e. The average Bonchev–Trinajstić information content (AvgIpc) is 3.00. The van der Waals surface area contributed by atoms with Gasteiger partial charge in [0.25, 0.3) is 0 Å². The van der Waals surface area contributed by atoms with Crippen LogP contribution in [0.15, 0.2) is 28.7 Å². The first-order chi connectivity index (χ1) is 7.22. The highest BCUT2D eigenvalue weighted by molar-refractivity contribution is 9.10. The molecule has 0 aliphatic heterocycles. The van der Waals surface area contributed by atoms with Gasteiger partial charge in [0.05, 0.1) is 0 Å². The molecule has 1 fully saturated rings. The van der Waals surface area contributed by atoms with Gasteiger partial charge in [0, 0.05) is 15.9 Å². The van der Waals surface area contributed by atoms with Gasteiger partial charge >= 0.3 is 0 Å². The maximum Gasteiger partial charge on any atom is 0.0387 e. The molecule has 0 heterocycles. The van der Waals surface area contributed by atoms with E-state index >= 15 is 0 Å². The molecule has 0 bridgehead atoms. The Labute approximate surface area is 99.4 Å². The first-order valence-corrected chi connectivity index (χ1v) is 6.14. The van der Waals surface area contributed by atoms with Crippen LogP contribution in [0.2, 0.25) is 0 Å². The number of hydrogen-bond donors (Lipinski definition) is 2. The van der Waals surface area contributed by atoms with Crippen molar-refractivity contribution >= 4 is 15.9 Å². The standard InChI is InChI=1S/C12H17BrN2/c1-15-11(12(8-14)5-6-12)9-3-2-4-10(13)7-9/h2-4,7,11,15H,5-6,8,14H2,1H3. The Morgan fingerprint density at radius 3 is 2.73 bits per heavy atom. The quantitative estimate of drug-likeness (QED) is 0.881. The molecule has 82 valence electrons. The minimum absolute atomic E-state index is 0.301. The van der Waals surface area contributed by atoms with Gasteiger partial charge in [-0.3, -0.25) is 0 Å². The fraction of sp³-hybridized carbons (Fsp3) is 0.500. The molecule has 0 aromatic heterocycles. The summed E-state index contributed by atoms with van der Waals surface area (Å²) in [5.41, 5.74) is 7.50. The van der Waals surface area contributed by atoms with Crippen molar-refractivity contribution in [2.24, 2.45) is 11.1 Å². The molecule has 0 radical (unpaired) electrons. The van der Waals surface area contributed by atoms with Crippen molar-refractivity contribution in [3.05, 3.63) is 34.3 Å². The highest BCUT2D eigenvalue weighted by Gasteiger charge is 2.48. The van der Waals surface area contributed by atoms with Gasteiger partial charge in [-0.15, -0.1) is 0 Å². The maximum absolute atomic E-state index is 5.87. The summed E-state index contributed by atoms with van der Waals surface area (Å²) >= 11 is 3.51. The summed E-state index contributed by atoms with van der Waals surface area (Å²) in [6.07, 6.45) is 2.48. The number of hydrogen-bond acceptors (Lipinski definition) is 2. The predicted molar refractivity (Wildman–Crippen MR) is 66.7 cm³/mol. The molecule has 1 aliphatic carbocycles. The van der Waals surface area contributed by atoms with E-state index in [0.717, 1.165) is 11.0 Å². The molecule has 1 aromatic rings. The lowest BCUT2D eigenvalue weighted by molar-refractivity contribution is 0.366. The molecular formula is C12H17BrN2. The van der Waals surface area contributed by atoms with E-state index in [9.17, 15) is 0 Å². The third kappa shape index (κ3) is 2.10. The number of halogens is 1. The lowest BCUT2D eigenvalue weighted by Crippen LogP contribution is -2.32. The fourth-order valence-electron chi connectivity index (χ4n) is 2.28. The van der Waals surface area contributed by atoms with E-state index in [2.05, 4.69) is 45.5 Å². The Kier molecular flexibility index (Phi) is 3.14. The van der Waals surface area contributed by atoms with Crippen LogP contribution in [0.1, 0.15) is 24.4 Å². The van der Waals surface area contributed by atoms with E-state index in [-0.39, 0.29) is 0 Å². The molecule has 1 aromatic carbocycles. The van der Waals surface area contributed by atoms with Gasteiger partial charge in [-0.2, -0.15) is 0 Å². The van der Waals surface area contributed by atoms with Crippen LogP contribution < -0.4 is 11.1 Å². The lowest BCUT2D eigenvalue weighted by Gasteiger charge is -2.26. The molecule has 2 nitrogen and oxygen atoms in total. The zero-order valence-corrected chi connectivity index (χ0v) is 10.5. The van der Waals surface area contributed by atoms with Crippen molar-refractivity contribution in [2.45, 2.75) is 18.9 Å². The van der Waals surface area contributed by atoms with Crippen LogP contribution in [0.4, 0.5) is 0 Å². The van der Waals surface area contributed by atoms with Crippen LogP contribution in [0.25, 0.3) is 0 Å². The van der Waals surface area contributed by atoms with Crippen molar-refractivity contribution < 1.29 is 0 Å². The highest BCUT2D eigenvalue weighted by Crippen LogP contribution is 2.54. The van der Waals surface area contributed by atoms with Gasteiger partial charge in [0.1, 0.15) is 0 Å². The Morgan fingerprint density at radius 2 is 2.27 bits per heavy atom. The maximum atomic E-state index is 5.87. The zero-order valence-electron chi connectivity index (χ0n) is 8.96. The topological polar surface area (TPSA) is 38.0 Å². The molecule has 1 aliphatic rings. The minimum Gasteiger partial charge on any atom is -0.330 e. The smallest absolute Gasteiger partial charge is 0.0387 e. The van der Waals surface area contributed by atoms with Gasteiger partial charge in [0.15, 0.2) is 0 Å². The monoisotopic (exact) mass is 268 g/mol. The van der Waals surface area contributed by atoms with E-state index in [4.69, 9.17) is 5.73 Å². The van der Waals surface area contributed by atoms with E-state index in [1.807, 2.05) is 7.05 Å². The molecule has 0 amide bonds. The summed E-state index contributed by atoms with van der Waals surface area (Å²) in [5.74, 6) is 0. The summed E-state index contributed by atoms with van der Waals surface area (Å²) in [6.45, 7) is 0.769. The van der Waals surface area contributed by atoms with E-state index in [1.54, 1.807) is 0 Å². The predicted octanol–water partition coefficient (Wildman–Crippen LogP) is 2.45. The van der Waals surface area contributed by atoms with Gasteiger partial charge in [0.2, 0.25) is 0 Å². The molecule has 3 N–H and O–H groups in total. The molecule has 3 heteroatoms. The van der Waals surface area contributed by atoms with Crippen LogP contribution in [0.5, 0.6) is 0 Å². The second-order valence-electron chi connectivity index (χ2n) is 4.34. The molecule has 1 unspecified atom stereocenters. The Morgan fingerprint density at radius 1 is 1.53 bits per heavy atom. The molecule has 0 spiro atoms. The third-order valence-corrected chi connectivity index (χ3v) is 3.88. The summed E-state index contributed by atoms with van der Waals surface area (Å²) < 4.78 is 1.13. The van der Waals surface area contributed by atoms with Crippen molar-refractivity contribution in [1.82, 2.24) is 5.32 Å². The Hall–Kier alpha value is -0.380. The summed E-state index contributed by atoms with van der Waals surface area (Å²) in [6, 6.07) is 8.87. The minimum atomic E-state index is 0.301. The first kappa shape index (κ1) is 11.1. The van der Waals surface area contributed by atoms with Crippen molar-refractivity contribution in [1.29, 1.82) is 0 Å². The summed E-state index contributed by atoms with van der Waals surface area (Å²) in [7, 11) is 2.02. The molecular weight excluding hydrogens is 252 g/mol. The van der Waals surface area contributed by atoms with Crippen LogP contribution in [-0.2, 0) is 0 Å². The van der Waals surface area contributed by atoms with E-state index in [0.29, 0.717) is 11.5 Å². The molecule has 2 rings (SSSR count). The van der Waals surface area contributed by atoms with Crippen LogP contribution in [0.3, 0.4) is 0 Å². The second-order valence-corrected chi connectivity index (χ2v) is 5.26. The molecule has 1 saturated carbocycles. The SMILES string of the molecule is CNC(c1cccc(Br)c1)C1(CN)CC1. The Balaban J connectivity index is 2.27. The van der Waals surface area contributed by atoms with E-state index in [1.165, 1.54) is 18.4 Å². The van der Waals surface area contributed by atoms with Crippen LogP contribution in [-0.4, -0.2) is 13.6 Å². The molecule has 1 atom stereocenters. The number of rotatable bonds is 4. The van der Waals surface area contributed by atoms with Crippen LogP contribution in [0, 0.1) is 5.41 Å². The third-order valence-electron chi connectivity index (χ3n) is 3.38.